The van der Waals surface area contributed by atoms with Gasteiger partial charge >= 0.3 is 5.97 Å². The molecule has 2 N–H and O–H groups in total. The van der Waals surface area contributed by atoms with E-state index in [-0.39, 0.29) is 0 Å². The SMILES string of the molecule is CCCC(NCCn1ccnn1)C(=O)O. The van der Waals surface area contributed by atoms with Crippen LogP contribution in [0.4, 0.5) is 0 Å². The molecule has 0 saturated carbocycles. The van der Waals surface area contributed by atoms with Gasteiger partial charge in [-0.25, -0.2) is 0 Å². The summed E-state index contributed by atoms with van der Waals surface area (Å²) in [6, 6.07) is -0.460. The molecule has 6 nitrogen and oxygen atoms in total. The lowest BCUT2D eigenvalue weighted by Gasteiger charge is -2.12. The van der Waals surface area contributed by atoms with Crippen LogP contribution < -0.4 is 5.32 Å². The van der Waals surface area contributed by atoms with Crippen LogP contribution in [0.3, 0.4) is 0 Å². The third-order valence-corrected chi connectivity index (χ3v) is 2.08. The Morgan fingerprint density at radius 3 is 3.00 bits per heavy atom. The Morgan fingerprint density at radius 1 is 1.67 bits per heavy atom. The van der Waals surface area contributed by atoms with Crippen molar-refractivity contribution in [1.82, 2.24) is 20.3 Å². The summed E-state index contributed by atoms with van der Waals surface area (Å²) in [7, 11) is 0. The molecule has 0 bridgehead atoms. The van der Waals surface area contributed by atoms with Gasteiger partial charge in [0.15, 0.2) is 0 Å². The normalized spacial score (nSPS) is 12.6. The van der Waals surface area contributed by atoms with Crippen LogP contribution in [0.2, 0.25) is 0 Å². The van der Waals surface area contributed by atoms with Gasteiger partial charge in [0.2, 0.25) is 0 Å². The Bertz CT molecular complexity index is 286. The number of carboxylic acids is 1. The standard InChI is InChI=1S/C9H16N4O2/c1-2-3-8(9(14)15)10-4-6-13-7-5-11-12-13/h5,7-8,10H,2-4,6H2,1H3,(H,14,15). The van der Waals surface area contributed by atoms with Gasteiger partial charge in [0.25, 0.3) is 0 Å². The van der Waals surface area contributed by atoms with Gasteiger partial charge in [0.1, 0.15) is 6.04 Å². The Labute approximate surface area is 88.3 Å². The fourth-order valence-electron chi connectivity index (χ4n) is 1.31. The largest absolute Gasteiger partial charge is 0.480 e. The second-order valence-electron chi connectivity index (χ2n) is 3.30. The Kier molecular flexibility index (Phi) is 4.76. The van der Waals surface area contributed by atoms with E-state index in [0.29, 0.717) is 19.5 Å². The number of nitrogens with one attached hydrogen (secondary N) is 1. The summed E-state index contributed by atoms with van der Waals surface area (Å²) in [5.74, 6) is -0.796. The average molecular weight is 212 g/mol. The van der Waals surface area contributed by atoms with Gasteiger partial charge in [0.05, 0.1) is 12.7 Å². The average Bonchev–Trinajstić information content (AvgIpc) is 2.69. The van der Waals surface area contributed by atoms with Crippen molar-refractivity contribution >= 4 is 5.97 Å². The zero-order valence-corrected chi connectivity index (χ0v) is 8.76. The van der Waals surface area contributed by atoms with Gasteiger partial charge in [-0.2, -0.15) is 0 Å². The van der Waals surface area contributed by atoms with Crippen molar-refractivity contribution in [3.8, 4) is 0 Å². The molecule has 1 unspecified atom stereocenters. The molecule has 0 aliphatic heterocycles. The van der Waals surface area contributed by atoms with Crippen molar-refractivity contribution in [1.29, 1.82) is 0 Å². The first-order valence-electron chi connectivity index (χ1n) is 5.04. The predicted octanol–water partition coefficient (Wildman–Crippen LogP) is 0.121. The highest BCUT2D eigenvalue weighted by atomic mass is 16.4. The molecule has 0 fully saturated rings. The zero-order valence-electron chi connectivity index (χ0n) is 8.76. The minimum atomic E-state index is -0.796. The van der Waals surface area contributed by atoms with E-state index in [1.165, 1.54) is 0 Å². The molecule has 15 heavy (non-hydrogen) atoms. The molecular weight excluding hydrogens is 196 g/mol. The minimum absolute atomic E-state index is 0.460. The highest BCUT2D eigenvalue weighted by Crippen LogP contribution is 1.96. The molecule has 0 amide bonds. The lowest BCUT2D eigenvalue weighted by atomic mass is 10.2. The third-order valence-electron chi connectivity index (χ3n) is 2.08. The molecule has 0 radical (unpaired) electrons. The zero-order chi connectivity index (χ0) is 11.1. The number of hydrogen-bond donors (Lipinski definition) is 2. The number of aromatic nitrogens is 3. The maximum absolute atomic E-state index is 10.8. The van der Waals surface area contributed by atoms with Gasteiger partial charge in [-0.05, 0) is 6.42 Å². The molecular formula is C9H16N4O2. The fourth-order valence-corrected chi connectivity index (χ4v) is 1.31. The summed E-state index contributed by atoms with van der Waals surface area (Å²) in [4.78, 5) is 10.8. The van der Waals surface area contributed by atoms with Gasteiger partial charge in [0, 0.05) is 12.7 Å². The number of hydrogen-bond acceptors (Lipinski definition) is 4. The second-order valence-corrected chi connectivity index (χ2v) is 3.30. The summed E-state index contributed by atoms with van der Waals surface area (Å²) in [6.45, 7) is 3.18. The second kappa shape index (κ2) is 6.13. The van der Waals surface area contributed by atoms with Crippen LogP contribution in [0.15, 0.2) is 12.4 Å². The van der Waals surface area contributed by atoms with Crippen LogP contribution in [-0.4, -0.2) is 38.7 Å². The van der Waals surface area contributed by atoms with Crippen molar-refractivity contribution in [3.05, 3.63) is 12.4 Å². The predicted molar refractivity (Wildman–Crippen MR) is 54.4 cm³/mol. The number of rotatable bonds is 7. The third kappa shape index (κ3) is 4.07. The monoisotopic (exact) mass is 212 g/mol. The fraction of sp³-hybridized carbons (Fsp3) is 0.667. The lowest BCUT2D eigenvalue weighted by Crippen LogP contribution is -2.38. The molecule has 0 aromatic carbocycles. The molecule has 0 aliphatic rings. The van der Waals surface area contributed by atoms with Crippen LogP contribution in [0.1, 0.15) is 19.8 Å². The Morgan fingerprint density at radius 2 is 2.47 bits per heavy atom. The topological polar surface area (TPSA) is 80.0 Å². The first-order valence-corrected chi connectivity index (χ1v) is 5.04. The molecule has 1 heterocycles. The molecule has 0 saturated heterocycles. The van der Waals surface area contributed by atoms with E-state index >= 15 is 0 Å². The van der Waals surface area contributed by atoms with E-state index < -0.39 is 12.0 Å². The molecule has 0 aliphatic carbocycles. The molecule has 84 valence electrons. The van der Waals surface area contributed by atoms with E-state index in [2.05, 4.69) is 15.6 Å². The lowest BCUT2D eigenvalue weighted by molar-refractivity contribution is -0.139. The summed E-state index contributed by atoms with van der Waals surface area (Å²) in [5, 5.41) is 19.3. The van der Waals surface area contributed by atoms with E-state index in [4.69, 9.17) is 5.11 Å². The van der Waals surface area contributed by atoms with Gasteiger partial charge in [-0.3, -0.25) is 9.48 Å². The first kappa shape index (κ1) is 11.6. The Hall–Kier alpha value is -1.43. The van der Waals surface area contributed by atoms with E-state index in [9.17, 15) is 4.79 Å². The van der Waals surface area contributed by atoms with E-state index in [1.54, 1.807) is 17.1 Å². The van der Waals surface area contributed by atoms with Crippen LogP contribution in [-0.2, 0) is 11.3 Å². The highest BCUT2D eigenvalue weighted by Gasteiger charge is 2.14. The van der Waals surface area contributed by atoms with Crippen molar-refractivity contribution < 1.29 is 9.90 Å². The van der Waals surface area contributed by atoms with Crippen LogP contribution in [0.25, 0.3) is 0 Å². The van der Waals surface area contributed by atoms with Crippen LogP contribution in [0.5, 0.6) is 0 Å². The van der Waals surface area contributed by atoms with Crippen molar-refractivity contribution in [2.24, 2.45) is 0 Å². The van der Waals surface area contributed by atoms with Crippen molar-refractivity contribution in [3.63, 3.8) is 0 Å². The molecule has 1 atom stereocenters. The van der Waals surface area contributed by atoms with E-state index in [1.807, 2.05) is 6.92 Å². The van der Waals surface area contributed by atoms with Gasteiger partial charge in [-0.15, -0.1) is 5.10 Å². The number of aliphatic carboxylic acids is 1. The summed E-state index contributed by atoms with van der Waals surface area (Å²) in [6.07, 6.45) is 4.85. The molecule has 1 aromatic heterocycles. The molecule has 1 aromatic rings. The van der Waals surface area contributed by atoms with E-state index in [0.717, 1.165) is 6.42 Å². The van der Waals surface area contributed by atoms with Crippen molar-refractivity contribution in [2.45, 2.75) is 32.4 Å². The quantitative estimate of drug-likeness (QED) is 0.671. The van der Waals surface area contributed by atoms with Crippen LogP contribution >= 0.6 is 0 Å². The number of carboxylic acid groups (broad SMARTS) is 1. The minimum Gasteiger partial charge on any atom is -0.480 e. The van der Waals surface area contributed by atoms with Crippen molar-refractivity contribution in [2.75, 3.05) is 6.54 Å². The van der Waals surface area contributed by atoms with Gasteiger partial charge in [-0.1, -0.05) is 18.6 Å². The first-order chi connectivity index (χ1) is 7.24. The summed E-state index contributed by atoms with van der Waals surface area (Å²) >= 11 is 0. The summed E-state index contributed by atoms with van der Waals surface area (Å²) < 4.78 is 1.66. The maximum Gasteiger partial charge on any atom is 0.320 e. The number of nitrogens with zero attached hydrogens (tertiary/aromatic N) is 3. The smallest absolute Gasteiger partial charge is 0.320 e. The van der Waals surface area contributed by atoms with Crippen LogP contribution in [0, 0.1) is 0 Å². The molecule has 0 spiro atoms. The van der Waals surface area contributed by atoms with Gasteiger partial charge < -0.3 is 10.4 Å². The Balaban J connectivity index is 2.25. The number of carbonyl (C=O) groups is 1. The highest BCUT2D eigenvalue weighted by molar-refractivity contribution is 5.73. The molecule has 6 heteroatoms. The summed E-state index contributed by atoms with van der Waals surface area (Å²) in [5.41, 5.74) is 0. The maximum atomic E-state index is 10.8. The molecule has 1 rings (SSSR count).